The average molecular weight is 407 g/mol. The van der Waals surface area contributed by atoms with Crippen molar-refractivity contribution in [2.24, 2.45) is 0 Å². The molecule has 7 heteroatoms. The zero-order valence-electron chi connectivity index (χ0n) is 16.9. The first-order chi connectivity index (χ1) is 13.0. The molecule has 2 rings (SSSR count). The largest absolute Gasteiger partial charge is 0.322 e. The van der Waals surface area contributed by atoms with Crippen LogP contribution in [-0.4, -0.2) is 31.7 Å². The molecule has 0 aromatic heterocycles. The van der Waals surface area contributed by atoms with Gasteiger partial charge in [0.2, 0.25) is 10.0 Å². The number of hydrogen-bond acceptors (Lipinski definition) is 3. The van der Waals surface area contributed by atoms with Crippen LogP contribution in [0.2, 0.25) is 0 Å². The summed E-state index contributed by atoms with van der Waals surface area (Å²) in [5.41, 5.74) is 1.27. The van der Waals surface area contributed by atoms with Crippen LogP contribution < -0.4 is 5.32 Å². The zero-order valence-corrected chi connectivity index (χ0v) is 17.7. The van der Waals surface area contributed by atoms with Gasteiger partial charge in [-0.25, -0.2) is 12.8 Å². The van der Waals surface area contributed by atoms with Gasteiger partial charge in [0.1, 0.15) is 5.82 Å². The number of anilines is 1. The molecular weight excluding hydrogens is 379 g/mol. The standard InChI is InChI=1S/C21H27FN2O3S/c1-6-24(7-2)28(26,27)17-12-13-19(22)18(14-17)20(25)23-16-10-8-15(9-11-16)21(3,4)5/h8-14H,6-7H2,1-5H3,(H,23,25). The normalized spacial score (nSPS) is 12.2. The third-order valence-electron chi connectivity index (χ3n) is 4.53. The van der Waals surface area contributed by atoms with E-state index in [2.05, 4.69) is 26.1 Å². The summed E-state index contributed by atoms with van der Waals surface area (Å²) in [6.45, 7) is 10.3. The lowest BCUT2D eigenvalue weighted by Crippen LogP contribution is -2.31. The van der Waals surface area contributed by atoms with Crippen molar-refractivity contribution in [2.45, 2.75) is 44.9 Å². The van der Waals surface area contributed by atoms with Gasteiger partial charge in [-0.15, -0.1) is 0 Å². The van der Waals surface area contributed by atoms with Crippen LogP contribution in [0.3, 0.4) is 0 Å². The monoisotopic (exact) mass is 406 g/mol. The minimum Gasteiger partial charge on any atom is -0.322 e. The second-order valence-corrected chi connectivity index (χ2v) is 9.45. The smallest absolute Gasteiger partial charge is 0.258 e. The first-order valence-corrected chi connectivity index (χ1v) is 10.7. The Hall–Kier alpha value is -2.25. The number of carbonyl (C=O) groups is 1. The maximum atomic E-state index is 14.2. The fraction of sp³-hybridized carbons (Fsp3) is 0.381. The van der Waals surface area contributed by atoms with E-state index in [9.17, 15) is 17.6 Å². The van der Waals surface area contributed by atoms with Gasteiger partial charge in [0.25, 0.3) is 5.91 Å². The van der Waals surface area contributed by atoms with Crippen LogP contribution >= 0.6 is 0 Å². The van der Waals surface area contributed by atoms with Gasteiger partial charge < -0.3 is 5.32 Å². The molecule has 0 aliphatic carbocycles. The van der Waals surface area contributed by atoms with Crippen molar-refractivity contribution in [3.63, 3.8) is 0 Å². The Labute approximate surface area is 166 Å². The summed E-state index contributed by atoms with van der Waals surface area (Å²) < 4.78 is 40.8. The maximum absolute atomic E-state index is 14.2. The molecule has 1 amide bonds. The highest BCUT2D eigenvalue weighted by Gasteiger charge is 2.24. The second kappa shape index (κ2) is 8.41. The number of sulfonamides is 1. The number of hydrogen-bond donors (Lipinski definition) is 1. The summed E-state index contributed by atoms with van der Waals surface area (Å²) in [4.78, 5) is 12.4. The van der Waals surface area contributed by atoms with Crippen molar-refractivity contribution in [2.75, 3.05) is 18.4 Å². The molecule has 0 saturated carbocycles. The Morgan fingerprint density at radius 1 is 1.04 bits per heavy atom. The van der Waals surface area contributed by atoms with Gasteiger partial charge in [-0.1, -0.05) is 46.8 Å². The molecule has 0 heterocycles. The van der Waals surface area contributed by atoms with Crippen LogP contribution in [0.15, 0.2) is 47.4 Å². The summed E-state index contributed by atoms with van der Waals surface area (Å²) >= 11 is 0. The minimum absolute atomic E-state index is 0.0260. The minimum atomic E-state index is -3.78. The Bertz CT molecular complexity index is 945. The topological polar surface area (TPSA) is 66.5 Å². The Kier molecular flexibility index (Phi) is 6.62. The van der Waals surface area contributed by atoms with Crippen LogP contribution in [0.25, 0.3) is 0 Å². The molecule has 0 fully saturated rings. The van der Waals surface area contributed by atoms with E-state index in [0.29, 0.717) is 5.69 Å². The summed E-state index contributed by atoms with van der Waals surface area (Å²) in [5, 5.41) is 2.63. The van der Waals surface area contributed by atoms with Gasteiger partial charge in [-0.05, 0) is 41.3 Å². The molecule has 0 aliphatic heterocycles. The highest BCUT2D eigenvalue weighted by atomic mass is 32.2. The van der Waals surface area contributed by atoms with Crippen LogP contribution in [0.4, 0.5) is 10.1 Å². The van der Waals surface area contributed by atoms with Crippen LogP contribution in [0.1, 0.15) is 50.5 Å². The number of carbonyl (C=O) groups excluding carboxylic acids is 1. The van der Waals surface area contributed by atoms with E-state index >= 15 is 0 Å². The summed E-state index contributed by atoms with van der Waals surface area (Å²) in [6.07, 6.45) is 0. The van der Waals surface area contributed by atoms with Gasteiger partial charge in [0.15, 0.2) is 0 Å². The SMILES string of the molecule is CCN(CC)S(=O)(=O)c1ccc(F)c(C(=O)Nc2ccc(C(C)(C)C)cc2)c1. The molecule has 152 valence electrons. The predicted molar refractivity (Wildman–Crippen MR) is 110 cm³/mol. The van der Waals surface area contributed by atoms with Gasteiger partial charge in [-0.3, -0.25) is 4.79 Å². The lowest BCUT2D eigenvalue weighted by atomic mass is 9.87. The molecule has 28 heavy (non-hydrogen) atoms. The van der Waals surface area contributed by atoms with Gasteiger partial charge in [0, 0.05) is 18.8 Å². The summed E-state index contributed by atoms with van der Waals surface area (Å²) in [5.74, 6) is -1.47. The summed E-state index contributed by atoms with van der Waals surface area (Å²) in [6, 6.07) is 10.5. The van der Waals surface area contributed by atoms with Crippen molar-refractivity contribution in [1.82, 2.24) is 4.31 Å². The zero-order chi connectivity index (χ0) is 21.1. The van der Waals surface area contributed by atoms with Gasteiger partial charge in [-0.2, -0.15) is 4.31 Å². The third kappa shape index (κ3) is 4.77. The lowest BCUT2D eigenvalue weighted by Gasteiger charge is -2.19. The van der Waals surface area contributed by atoms with E-state index in [1.165, 1.54) is 10.4 Å². The van der Waals surface area contributed by atoms with E-state index < -0.39 is 21.7 Å². The molecule has 0 unspecified atom stereocenters. The molecule has 0 saturated heterocycles. The van der Waals surface area contributed by atoms with E-state index in [0.717, 1.165) is 17.7 Å². The van der Waals surface area contributed by atoms with Crippen molar-refractivity contribution >= 4 is 21.6 Å². The number of nitrogens with one attached hydrogen (secondary N) is 1. The molecule has 0 bridgehead atoms. The number of rotatable bonds is 6. The third-order valence-corrected chi connectivity index (χ3v) is 6.58. The maximum Gasteiger partial charge on any atom is 0.258 e. The quantitative estimate of drug-likeness (QED) is 0.773. The van der Waals surface area contributed by atoms with Crippen molar-refractivity contribution in [1.29, 1.82) is 0 Å². The highest BCUT2D eigenvalue weighted by molar-refractivity contribution is 7.89. The molecule has 1 N–H and O–H groups in total. The number of amides is 1. The van der Waals surface area contributed by atoms with Crippen molar-refractivity contribution in [3.8, 4) is 0 Å². The Morgan fingerprint density at radius 2 is 1.61 bits per heavy atom. The number of halogens is 1. The molecule has 0 atom stereocenters. The predicted octanol–water partition coefficient (Wildman–Crippen LogP) is 4.41. The highest BCUT2D eigenvalue weighted by Crippen LogP contribution is 2.24. The van der Waals surface area contributed by atoms with Crippen molar-refractivity contribution < 1.29 is 17.6 Å². The molecular formula is C21H27FN2O3S. The molecule has 5 nitrogen and oxygen atoms in total. The van der Waals surface area contributed by atoms with E-state index in [1.807, 2.05) is 12.1 Å². The lowest BCUT2D eigenvalue weighted by molar-refractivity contribution is 0.102. The van der Waals surface area contributed by atoms with Crippen LogP contribution in [0, 0.1) is 5.82 Å². The fourth-order valence-electron chi connectivity index (χ4n) is 2.80. The van der Waals surface area contributed by atoms with Gasteiger partial charge in [0.05, 0.1) is 10.5 Å². The molecule has 0 radical (unpaired) electrons. The van der Waals surface area contributed by atoms with Crippen LogP contribution in [-0.2, 0) is 15.4 Å². The molecule has 0 spiro atoms. The Morgan fingerprint density at radius 3 is 2.11 bits per heavy atom. The average Bonchev–Trinajstić information content (AvgIpc) is 2.62. The summed E-state index contributed by atoms with van der Waals surface area (Å²) in [7, 11) is -3.78. The second-order valence-electron chi connectivity index (χ2n) is 7.51. The van der Waals surface area contributed by atoms with E-state index in [1.54, 1.807) is 26.0 Å². The van der Waals surface area contributed by atoms with Crippen LogP contribution in [0.5, 0.6) is 0 Å². The molecule has 2 aromatic carbocycles. The molecule has 0 aliphatic rings. The van der Waals surface area contributed by atoms with Crippen molar-refractivity contribution in [3.05, 3.63) is 59.4 Å². The Balaban J connectivity index is 2.31. The molecule has 2 aromatic rings. The number of benzene rings is 2. The first-order valence-electron chi connectivity index (χ1n) is 9.22. The number of nitrogens with zero attached hydrogens (tertiary/aromatic N) is 1. The van der Waals surface area contributed by atoms with E-state index in [4.69, 9.17) is 0 Å². The fourth-order valence-corrected chi connectivity index (χ4v) is 4.29. The van der Waals surface area contributed by atoms with E-state index in [-0.39, 0.29) is 29.0 Å². The van der Waals surface area contributed by atoms with Gasteiger partial charge >= 0.3 is 0 Å². The first kappa shape index (κ1) is 22.0.